The van der Waals surface area contributed by atoms with Crippen LogP contribution in [0, 0.1) is 12.7 Å². The van der Waals surface area contributed by atoms with Gasteiger partial charge in [0.2, 0.25) is 5.43 Å². The molecule has 1 saturated carbocycles. The van der Waals surface area contributed by atoms with E-state index in [1.165, 1.54) is 10.8 Å². The molecule has 3 atom stereocenters. The van der Waals surface area contributed by atoms with Gasteiger partial charge in [-0.1, -0.05) is 18.2 Å². The smallest absolute Gasteiger partial charge is 0.276 e. The minimum atomic E-state index is -0.928. The van der Waals surface area contributed by atoms with E-state index in [1.54, 1.807) is 30.0 Å². The number of benzene rings is 1. The Morgan fingerprint density at radius 2 is 2.13 bits per heavy atom. The molecule has 3 aliphatic rings. The van der Waals surface area contributed by atoms with Crippen LogP contribution in [0.5, 0.6) is 5.75 Å². The maximum Gasteiger partial charge on any atom is 0.276 e. The van der Waals surface area contributed by atoms with E-state index in [2.05, 4.69) is 5.32 Å². The number of carbonyl (C=O) groups excluding carboxylic acids is 2. The maximum absolute atomic E-state index is 14.2. The van der Waals surface area contributed by atoms with Gasteiger partial charge in [-0.2, -0.15) is 0 Å². The second-order valence-corrected chi connectivity index (χ2v) is 8.34. The van der Waals surface area contributed by atoms with Crippen molar-refractivity contribution in [1.82, 2.24) is 14.8 Å². The van der Waals surface area contributed by atoms with E-state index in [9.17, 15) is 23.9 Å². The second-order valence-electron chi connectivity index (χ2n) is 8.34. The number of aromatic hydroxyl groups is 1. The molecule has 2 aliphatic heterocycles. The minimum Gasteiger partial charge on any atom is -0.503 e. The van der Waals surface area contributed by atoms with Gasteiger partial charge in [-0.3, -0.25) is 14.4 Å². The number of amides is 2. The molecule has 0 unspecified atom stereocenters. The fraction of sp³-hybridized carbons (Fsp3) is 0.409. The molecule has 3 heterocycles. The van der Waals surface area contributed by atoms with Crippen LogP contribution in [-0.4, -0.2) is 44.8 Å². The van der Waals surface area contributed by atoms with E-state index < -0.39 is 35.0 Å². The van der Waals surface area contributed by atoms with Crippen molar-refractivity contribution in [1.29, 1.82) is 0 Å². The van der Waals surface area contributed by atoms with Gasteiger partial charge >= 0.3 is 0 Å². The lowest BCUT2D eigenvalue weighted by Crippen LogP contribution is -2.57. The molecule has 5 rings (SSSR count). The van der Waals surface area contributed by atoms with Gasteiger partial charge in [0.15, 0.2) is 17.7 Å². The minimum absolute atomic E-state index is 0.0340. The quantitative estimate of drug-likeness (QED) is 0.776. The first-order valence-electron chi connectivity index (χ1n) is 10.3. The SMILES string of the molecule is Cc1cccc(CNC(=O)c2cn3c(c(O)c2=O)C(=O)N2[C@H]4CC[C@H](C4)O[C@@H]2C3)c1F. The van der Waals surface area contributed by atoms with Crippen LogP contribution in [0.25, 0.3) is 0 Å². The van der Waals surface area contributed by atoms with Crippen molar-refractivity contribution < 1.29 is 23.8 Å². The van der Waals surface area contributed by atoms with Gasteiger partial charge < -0.3 is 24.6 Å². The largest absolute Gasteiger partial charge is 0.503 e. The summed E-state index contributed by atoms with van der Waals surface area (Å²) < 4.78 is 21.6. The van der Waals surface area contributed by atoms with E-state index in [0.717, 1.165) is 19.3 Å². The third-order valence-electron chi connectivity index (χ3n) is 6.41. The fourth-order valence-corrected chi connectivity index (χ4v) is 4.83. The topological polar surface area (TPSA) is 101 Å². The highest BCUT2D eigenvalue weighted by Crippen LogP contribution is 2.38. The zero-order valence-electron chi connectivity index (χ0n) is 16.9. The fourth-order valence-electron chi connectivity index (χ4n) is 4.83. The number of hydrogen-bond donors (Lipinski definition) is 2. The van der Waals surface area contributed by atoms with Crippen LogP contribution in [0.1, 0.15) is 51.2 Å². The Kier molecular flexibility index (Phi) is 4.58. The summed E-state index contributed by atoms with van der Waals surface area (Å²) in [5.74, 6) is -2.40. The average Bonchev–Trinajstić information content (AvgIpc) is 3.12. The molecular formula is C22H22FN3O5. The van der Waals surface area contributed by atoms with Crippen LogP contribution in [0.3, 0.4) is 0 Å². The number of nitrogens with one attached hydrogen (secondary N) is 1. The van der Waals surface area contributed by atoms with Gasteiger partial charge in [-0.15, -0.1) is 0 Å². The molecule has 1 aromatic heterocycles. The van der Waals surface area contributed by atoms with Crippen LogP contribution in [-0.2, 0) is 17.8 Å². The lowest BCUT2D eigenvalue weighted by atomic mass is 10.1. The summed E-state index contributed by atoms with van der Waals surface area (Å²) in [4.78, 5) is 40.0. The summed E-state index contributed by atoms with van der Waals surface area (Å²) in [5, 5.41) is 13.0. The van der Waals surface area contributed by atoms with E-state index in [0.29, 0.717) is 5.56 Å². The maximum atomic E-state index is 14.2. The van der Waals surface area contributed by atoms with Crippen molar-refractivity contribution in [3.8, 4) is 5.75 Å². The van der Waals surface area contributed by atoms with Gasteiger partial charge in [-0.05, 0) is 31.7 Å². The molecule has 1 aliphatic carbocycles. The van der Waals surface area contributed by atoms with Crippen molar-refractivity contribution in [3.05, 3.63) is 62.8 Å². The predicted octanol–water partition coefficient (Wildman–Crippen LogP) is 1.66. The van der Waals surface area contributed by atoms with Crippen LogP contribution < -0.4 is 10.7 Å². The normalized spacial score (nSPS) is 24.0. The highest BCUT2D eigenvalue weighted by atomic mass is 19.1. The number of ether oxygens (including phenoxy) is 1. The molecule has 9 heteroatoms. The molecule has 162 valence electrons. The second kappa shape index (κ2) is 7.19. The molecular weight excluding hydrogens is 405 g/mol. The lowest BCUT2D eigenvalue weighted by Gasteiger charge is -2.44. The summed E-state index contributed by atoms with van der Waals surface area (Å²) in [7, 11) is 0. The Balaban J connectivity index is 1.44. The molecule has 2 bridgehead atoms. The Bertz CT molecular complexity index is 1160. The summed E-state index contributed by atoms with van der Waals surface area (Å²) in [6.07, 6.45) is 3.32. The van der Waals surface area contributed by atoms with E-state index in [1.807, 2.05) is 0 Å². The molecule has 0 spiro atoms. The van der Waals surface area contributed by atoms with Gasteiger partial charge in [0, 0.05) is 24.3 Å². The van der Waals surface area contributed by atoms with Crippen molar-refractivity contribution in [2.75, 3.05) is 0 Å². The van der Waals surface area contributed by atoms with Crippen molar-refractivity contribution in [2.45, 2.75) is 57.6 Å². The number of halogens is 1. The van der Waals surface area contributed by atoms with Crippen LogP contribution in [0.4, 0.5) is 4.39 Å². The Morgan fingerprint density at radius 3 is 2.94 bits per heavy atom. The monoisotopic (exact) mass is 427 g/mol. The molecule has 31 heavy (non-hydrogen) atoms. The molecule has 2 aromatic rings. The number of hydrogen-bond acceptors (Lipinski definition) is 5. The number of nitrogens with zero attached hydrogens (tertiary/aromatic N) is 2. The van der Waals surface area contributed by atoms with Crippen molar-refractivity contribution in [3.63, 3.8) is 0 Å². The third-order valence-corrected chi connectivity index (χ3v) is 6.41. The standard InChI is InChI=1S/C22H22FN3O5/c1-11-3-2-4-12(17(11)23)8-24-21(29)15-9-25-10-16-26(13-5-6-14(7-13)31-16)22(30)18(25)20(28)19(15)27/h2-4,9,13-14,16,28H,5-8,10H2,1H3,(H,24,29)/t13-,14+,16+/m0/s1. The highest BCUT2D eigenvalue weighted by molar-refractivity contribution is 5.99. The summed E-state index contributed by atoms with van der Waals surface area (Å²) in [6.45, 7) is 1.72. The summed E-state index contributed by atoms with van der Waals surface area (Å²) in [5.41, 5.74) is -0.636. The molecule has 2 fully saturated rings. The summed E-state index contributed by atoms with van der Waals surface area (Å²) >= 11 is 0. The Morgan fingerprint density at radius 1 is 1.32 bits per heavy atom. The summed E-state index contributed by atoms with van der Waals surface area (Å²) in [6, 6.07) is 4.87. The first kappa shape index (κ1) is 19.7. The van der Waals surface area contributed by atoms with E-state index >= 15 is 0 Å². The van der Waals surface area contributed by atoms with Gasteiger partial charge in [0.05, 0.1) is 12.6 Å². The highest BCUT2D eigenvalue weighted by Gasteiger charge is 2.47. The van der Waals surface area contributed by atoms with E-state index in [4.69, 9.17) is 4.74 Å². The lowest BCUT2D eigenvalue weighted by molar-refractivity contribution is -0.132. The van der Waals surface area contributed by atoms with Gasteiger partial charge in [0.1, 0.15) is 11.4 Å². The van der Waals surface area contributed by atoms with Crippen LogP contribution in [0.15, 0.2) is 29.2 Å². The van der Waals surface area contributed by atoms with Crippen LogP contribution >= 0.6 is 0 Å². The molecule has 2 amide bonds. The number of aryl methyl sites for hydroxylation is 1. The number of carbonyl (C=O) groups is 2. The molecule has 1 saturated heterocycles. The first-order chi connectivity index (χ1) is 14.8. The molecule has 1 aromatic carbocycles. The van der Waals surface area contributed by atoms with Gasteiger partial charge in [0.25, 0.3) is 11.8 Å². The Hall–Kier alpha value is -3.20. The van der Waals surface area contributed by atoms with Crippen molar-refractivity contribution in [2.24, 2.45) is 0 Å². The number of aromatic nitrogens is 1. The zero-order valence-corrected chi connectivity index (χ0v) is 16.9. The zero-order chi connectivity index (χ0) is 21.9. The molecule has 2 N–H and O–H groups in total. The third kappa shape index (κ3) is 3.11. The van der Waals surface area contributed by atoms with Crippen LogP contribution in [0.2, 0.25) is 0 Å². The first-order valence-corrected chi connectivity index (χ1v) is 10.3. The number of rotatable bonds is 3. The molecule has 0 radical (unpaired) electrons. The molecule has 8 nitrogen and oxygen atoms in total. The van der Waals surface area contributed by atoms with Gasteiger partial charge in [-0.25, -0.2) is 4.39 Å². The number of pyridine rings is 1. The Labute approximate surface area is 177 Å². The number of fused-ring (bicyclic) bond motifs is 5. The van der Waals surface area contributed by atoms with Crippen molar-refractivity contribution >= 4 is 11.8 Å². The van der Waals surface area contributed by atoms with E-state index in [-0.39, 0.29) is 42.1 Å². The predicted molar refractivity (Wildman–Crippen MR) is 107 cm³/mol. The average molecular weight is 427 g/mol.